The summed E-state index contributed by atoms with van der Waals surface area (Å²) in [4.78, 5) is 10.6. The first-order valence-electron chi connectivity index (χ1n) is 8.50. The van der Waals surface area contributed by atoms with Crippen LogP contribution < -0.4 is 10.2 Å². The number of benzene rings is 1. The molecule has 2 heterocycles. The lowest BCUT2D eigenvalue weighted by molar-refractivity contribution is 0.600. The van der Waals surface area contributed by atoms with Crippen LogP contribution >= 0.6 is 0 Å². The van der Waals surface area contributed by atoms with Crippen molar-refractivity contribution in [1.29, 1.82) is 0 Å². The van der Waals surface area contributed by atoms with Gasteiger partial charge in [0.1, 0.15) is 18.0 Å². The summed E-state index contributed by atoms with van der Waals surface area (Å²) in [5, 5.41) is 3.40. The highest BCUT2D eigenvalue weighted by Gasteiger charge is 2.31. The van der Waals surface area contributed by atoms with E-state index in [1.54, 1.807) is 0 Å². The average molecular weight is 360 g/mol. The molecular formula is C18H24N4O2S. The maximum atomic E-state index is 11.7. The van der Waals surface area contributed by atoms with Crippen molar-refractivity contribution in [2.45, 2.75) is 32.7 Å². The number of nitrogens with zero attached hydrogens (tertiary/aromatic N) is 3. The number of aryl methyl sites for hydroxylation is 2. The molecule has 2 aromatic rings. The molecule has 0 aliphatic carbocycles. The van der Waals surface area contributed by atoms with E-state index in [-0.39, 0.29) is 17.5 Å². The van der Waals surface area contributed by atoms with Crippen molar-refractivity contribution in [2.24, 2.45) is 0 Å². The number of rotatable bonds is 5. The lowest BCUT2D eigenvalue weighted by Crippen LogP contribution is -2.33. The number of anilines is 3. The SMILES string of the molecule is CCc1cccc(C)c1Nc1cc(N(C)C2CCS(=O)(=O)C2)ncn1. The highest BCUT2D eigenvalue weighted by molar-refractivity contribution is 7.91. The van der Waals surface area contributed by atoms with Crippen molar-refractivity contribution in [3.63, 3.8) is 0 Å². The number of sulfone groups is 1. The molecule has 1 aromatic carbocycles. The highest BCUT2D eigenvalue weighted by atomic mass is 32.2. The molecule has 0 radical (unpaired) electrons. The standard InChI is InChI=1S/C18H24N4O2S/c1-4-14-7-5-6-13(2)18(14)21-16-10-17(20-12-19-16)22(3)15-8-9-25(23,24)11-15/h5-7,10,12,15H,4,8-9,11H2,1-3H3,(H,19,20,21). The Labute approximate surface area is 149 Å². The molecule has 1 aliphatic rings. The molecule has 0 amide bonds. The van der Waals surface area contributed by atoms with E-state index in [0.717, 1.165) is 23.5 Å². The lowest BCUT2D eigenvalue weighted by atomic mass is 10.1. The lowest BCUT2D eigenvalue weighted by Gasteiger charge is -2.24. The van der Waals surface area contributed by atoms with Crippen LogP contribution in [0, 0.1) is 6.92 Å². The van der Waals surface area contributed by atoms with Gasteiger partial charge in [-0.3, -0.25) is 0 Å². The minimum absolute atomic E-state index is 0.0302. The van der Waals surface area contributed by atoms with Crippen LogP contribution in [0.25, 0.3) is 0 Å². The summed E-state index contributed by atoms with van der Waals surface area (Å²) < 4.78 is 23.4. The molecule has 25 heavy (non-hydrogen) atoms. The highest BCUT2D eigenvalue weighted by Crippen LogP contribution is 2.27. The first kappa shape index (κ1) is 17.7. The van der Waals surface area contributed by atoms with Crippen molar-refractivity contribution in [3.05, 3.63) is 41.7 Å². The van der Waals surface area contributed by atoms with Crippen molar-refractivity contribution in [3.8, 4) is 0 Å². The number of nitrogens with one attached hydrogen (secondary N) is 1. The number of para-hydroxylation sites is 1. The molecule has 0 bridgehead atoms. The van der Waals surface area contributed by atoms with E-state index in [0.29, 0.717) is 12.2 Å². The van der Waals surface area contributed by atoms with Gasteiger partial charge >= 0.3 is 0 Å². The normalized spacial score (nSPS) is 18.9. The molecule has 3 rings (SSSR count). The molecule has 1 aliphatic heterocycles. The van der Waals surface area contributed by atoms with Gasteiger partial charge in [-0.2, -0.15) is 0 Å². The molecule has 1 unspecified atom stereocenters. The average Bonchev–Trinajstić information content (AvgIpc) is 2.96. The minimum atomic E-state index is -2.92. The fourth-order valence-electron chi connectivity index (χ4n) is 3.21. The second-order valence-electron chi connectivity index (χ2n) is 6.52. The Hall–Kier alpha value is -2.15. The minimum Gasteiger partial charge on any atom is -0.355 e. The summed E-state index contributed by atoms with van der Waals surface area (Å²) in [6.45, 7) is 4.19. The van der Waals surface area contributed by atoms with E-state index < -0.39 is 9.84 Å². The van der Waals surface area contributed by atoms with E-state index in [4.69, 9.17) is 0 Å². The van der Waals surface area contributed by atoms with Gasteiger partial charge in [-0.1, -0.05) is 25.1 Å². The fourth-order valence-corrected chi connectivity index (χ4v) is 4.98. The Morgan fingerprint density at radius 2 is 2.12 bits per heavy atom. The van der Waals surface area contributed by atoms with Crippen LogP contribution in [0.3, 0.4) is 0 Å². The maximum Gasteiger partial charge on any atom is 0.152 e. The van der Waals surface area contributed by atoms with Crippen LogP contribution in [0.4, 0.5) is 17.3 Å². The second kappa shape index (κ2) is 7.00. The van der Waals surface area contributed by atoms with Gasteiger partial charge < -0.3 is 10.2 Å². The van der Waals surface area contributed by atoms with Crippen molar-refractivity contribution in [1.82, 2.24) is 9.97 Å². The number of hydrogen-bond acceptors (Lipinski definition) is 6. The van der Waals surface area contributed by atoms with Gasteiger partial charge in [-0.05, 0) is 30.9 Å². The quantitative estimate of drug-likeness (QED) is 0.884. The van der Waals surface area contributed by atoms with E-state index >= 15 is 0 Å². The van der Waals surface area contributed by atoms with Gasteiger partial charge in [0, 0.05) is 24.8 Å². The van der Waals surface area contributed by atoms with Crippen LogP contribution in [0.1, 0.15) is 24.5 Å². The van der Waals surface area contributed by atoms with Crippen LogP contribution in [0.2, 0.25) is 0 Å². The van der Waals surface area contributed by atoms with Crippen molar-refractivity contribution < 1.29 is 8.42 Å². The topological polar surface area (TPSA) is 75.2 Å². The van der Waals surface area contributed by atoms with Gasteiger partial charge in [0.15, 0.2) is 9.84 Å². The molecule has 0 spiro atoms. The fraction of sp³-hybridized carbons (Fsp3) is 0.444. The summed E-state index contributed by atoms with van der Waals surface area (Å²) in [5.74, 6) is 1.88. The maximum absolute atomic E-state index is 11.7. The van der Waals surface area contributed by atoms with Crippen LogP contribution in [0.15, 0.2) is 30.6 Å². The third kappa shape index (κ3) is 3.92. The van der Waals surface area contributed by atoms with Crippen molar-refractivity contribution >= 4 is 27.2 Å². The second-order valence-corrected chi connectivity index (χ2v) is 8.75. The summed E-state index contributed by atoms with van der Waals surface area (Å²) in [6, 6.07) is 8.07. The summed E-state index contributed by atoms with van der Waals surface area (Å²) in [7, 11) is -1.03. The third-order valence-corrected chi connectivity index (χ3v) is 6.51. The Balaban J connectivity index is 1.83. The van der Waals surface area contributed by atoms with Crippen LogP contribution in [-0.4, -0.2) is 43.0 Å². The molecule has 0 saturated carbocycles. The Morgan fingerprint density at radius 1 is 1.32 bits per heavy atom. The van der Waals surface area contributed by atoms with E-state index in [1.807, 2.05) is 18.0 Å². The largest absolute Gasteiger partial charge is 0.355 e. The van der Waals surface area contributed by atoms with Gasteiger partial charge in [-0.15, -0.1) is 0 Å². The third-order valence-electron chi connectivity index (χ3n) is 4.76. The van der Waals surface area contributed by atoms with Gasteiger partial charge in [0.25, 0.3) is 0 Å². The smallest absolute Gasteiger partial charge is 0.152 e. The van der Waals surface area contributed by atoms with Crippen LogP contribution in [0.5, 0.6) is 0 Å². The molecule has 1 aromatic heterocycles. The zero-order chi connectivity index (χ0) is 18.0. The van der Waals surface area contributed by atoms with Gasteiger partial charge in [0.05, 0.1) is 11.5 Å². The number of hydrogen-bond donors (Lipinski definition) is 1. The zero-order valence-electron chi connectivity index (χ0n) is 14.9. The monoisotopic (exact) mass is 360 g/mol. The van der Waals surface area contributed by atoms with E-state index in [2.05, 4.69) is 47.3 Å². The van der Waals surface area contributed by atoms with E-state index in [9.17, 15) is 8.42 Å². The number of aromatic nitrogens is 2. The predicted molar refractivity (Wildman–Crippen MR) is 101 cm³/mol. The summed E-state index contributed by atoms with van der Waals surface area (Å²) in [6.07, 6.45) is 3.09. The predicted octanol–water partition coefficient (Wildman–Crippen LogP) is 2.71. The first-order chi connectivity index (χ1) is 11.9. The molecule has 6 nitrogen and oxygen atoms in total. The molecule has 7 heteroatoms. The molecule has 1 atom stereocenters. The molecule has 134 valence electrons. The Kier molecular flexibility index (Phi) is 4.94. The molecule has 1 saturated heterocycles. The van der Waals surface area contributed by atoms with Crippen LogP contribution in [-0.2, 0) is 16.3 Å². The molecule has 1 fully saturated rings. The first-order valence-corrected chi connectivity index (χ1v) is 10.3. The Bertz CT molecular complexity index is 867. The van der Waals surface area contributed by atoms with Gasteiger partial charge in [0.2, 0.25) is 0 Å². The van der Waals surface area contributed by atoms with E-state index in [1.165, 1.54) is 11.9 Å². The summed E-state index contributed by atoms with van der Waals surface area (Å²) in [5.41, 5.74) is 3.46. The summed E-state index contributed by atoms with van der Waals surface area (Å²) >= 11 is 0. The molecular weight excluding hydrogens is 336 g/mol. The van der Waals surface area contributed by atoms with Crippen molar-refractivity contribution in [2.75, 3.05) is 28.8 Å². The Morgan fingerprint density at radius 3 is 2.80 bits per heavy atom. The molecule has 1 N–H and O–H groups in total. The van der Waals surface area contributed by atoms with Gasteiger partial charge in [-0.25, -0.2) is 18.4 Å². The zero-order valence-corrected chi connectivity index (χ0v) is 15.7.